The van der Waals surface area contributed by atoms with Crippen molar-refractivity contribution in [1.29, 1.82) is 0 Å². The first kappa shape index (κ1) is 13.4. The highest BCUT2D eigenvalue weighted by molar-refractivity contribution is 5.88. The molecule has 0 amide bonds. The van der Waals surface area contributed by atoms with Crippen LogP contribution in [0.1, 0.15) is 24.4 Å². The molecule has 0 unspecified atom stereocenters. The lowest BCUT2D eigenvalue weighted by molar-refractivity contribution is 0.600. The van der Waals surface area contributed by atoms with Gasteiger partial charge in [0.25, 0.3) is 0 Å². The Hall–Kier alpha value is -2.56. The van der Waals surface area contributed by atoms with Gasteiger partial charge in [-0.05, 0) is 26.0 Å². The van der Waals surface area contributed by atoms with Crippen LogP contribution in [0.3, 0.4) is 0 Å². The first-order valence-corrected chi connectivity index (χ1v) is 6.74. The lowest BCUT2D eigenvalue weighted by atomic mass is 10.1. The van der Waals surface area contributed by atoms with Crippen LogP contribution in [-0.2, 0) is 0 Å². The Balaban J connectivity index is 2.00. The largest absolute Gasteiger partial charge is 0.363 e. The second-order valence-electron chi connectivity index (χ2n) is 4.90. The molecule has 0 fully saturated rings. The van der Waals surface area contributed by atoms with Crippen LogP contribution in [0, 0.1) is 12.7 Å². The number of rotatable bonds is 3. The number of nitrogens with zero attached hydrogens (tertiary/aromatic N) is 3. The minimum atomic E-state index is -0.228. The molecule has 3 rings (SSSR count). The Kier molecular flexibility index (Phi) is 3.48. The van der Waals surface area contributed by atoms with Crippen LogP contribution in [-0.4, -0.2) is 15.0 Å². The second-order valence-corrected chi connectivity index (χ2v) is 4.90. The second kappa shape index (κ2) is 5.44. The molecule has 5 heteroatoms. The van der Waals surface area contributed by atoms with E-state index >= 15 is 0 Å². The average Bonchev–Trinajstić information content (AvgIpc) is 2.47. The van der Waals surface area contributed by atoms with Crippen molar-refractivity contribution in [2.75, 3.05) is 5.32 Å². The monoisotopic (exact) mass is 282 g/mol. The minimum Gasteiger partial charge on any atom is -0.363 e. The SMILES string of the molecule is Cc1nc(N[C@H](C)c2ccccc2F)c2ccncc2n1. The van der Waals surface area contributed by atoms with E-state index in [1.54, 1.807) is 24.5 Å². The van der Waals surface area contributed by atoms with Crippen LogP contribution in [0.4, 0.5) is 10.2 Å². The summed E-state index contributed by atoms with van der Waals surface area (Å²) in [4.78, 5) is 12.8. The third-order valence-electron chi connectivity index (χ3n) is 3.34. The Morgan fingerprint density at radius 3 is 2.76 bits per heavy atom. The molecule has 2 aromatic heterocycles. The molecule has 0 spiro atoms. The van der Waals surface area contributed by atoms with E-state index in [9.17, 15) is 4.39 Å². The van der Waals surface area contributed by atoms with Crippen LogP contribution in [0.2, 0.25) is 0 Å². The van der Waals surface area contributed by atoms with Crippen LogP contribution < -0.4 is 5.32 Å². The van der Waals surface area contributed by atoms with E-state index in [4.69, 9.17) is 0 Å². The molecule has 0 bridgehead atoms. The number of hydrogen-bond acceptors (Lipinski definition) is 4. The first-order chi connectivity index (χ1) is 10.1. The summed E-state index contributed by atoms with van der Waals surface area (Å²) in [5.74, 6) is 1.11. The van der Waals surface area contributed by atoms with Crippen molar-refractivity contribution in [1.82, 2.24) is 15.0 Å². The van der Waals surface area contributed by atoms with E-state index in [1.807, 2.05) is 26.0 Å². The molecular weight excluding hydrogens is 267 g/mol. The number of anilines is 1. The summed E-state index contributed by atoms with van der Waals surface area (Å²) in [7, 11) is 0. The maximum absolute atomic E-state index is 13.9. The summed E-state index contributed by atoms with van der Waals surface area (Å²) >= 11 is 0. The van der Waals surface area contributed by atoms with Crippen molar-refractivity contribution in [2.24, 2.45) is 0 Å². The van der Waals surface area contributed by atoms with Gasteiger partial charge in [-0.15, -0.1) is 0 Å². The Morgan fingerprint density at radius 2 is 1.95 bits per heavy atom. The lowest BCUT2D eigenvalue weighted by Crippen LogP contribution is -2.11. The first-order valence-electron chi connectivity index (χ1n) is 6.74. The van der Waals surface area contributed by atoms with E-state index in [1.165, 1.54) is 6.07 Å². The number of pyridine rings is 1. The van der Waals surface area contributed by atoms with E-state index in [0.717, 1.165) is 10.9 Å². The predicted octanol–water partition coefficient (Wildman–Crippen LogP) is 3.65. The smallest absolute Gasteiger partial charge is 0.138 e. The number of benzene rings is 1. The highest BCUT2D eigenvalue weighted by atomic mass is 19.1. The molecule has 3 aromatic rings. The molecule has 1 aromatic carbocycles. The Morgan fingerprint density at radius 1 is 1.14 bits per heavy atom. The van der Waals surface area contributed by atoms with Gasteiger partial charge >= 0.3 is 0 Å². The molecule has 0 aliphatic heterocycles. The fraction of sp³-hybridized carbons (Fsp3) is 0.188. The van der Waals surface area contributed by atoms with Gasteiger partial charge in [-0.2, -0.15) is 0 Å². The maximum Gasteiger partial charge on any atom is 0.138 e. The zero-order valence-corrected chi connectivity index (χ0v) is 11.8. The summed E-state index contributed by atoms with van der Waals surface area (Å²) < 4.78 is 13.9. The minimum absolute atomic E-state index is 0.197. The molecule has 21 heavy (non-hydrogen) atoms. The van der Waals surface area contributed by atoms with Crippen LogP contribution in [0.25, 0.3) is 10.9 Å². The Bertz CT molecular complexity index is 788. The van der Waals surface area contributed by atoms with E-state index in [0.29, 0.717) is 17.2 Å². The molecule has 0 saturated heterocycles. The van der Waals surface area contributed by atoms with Gasteiger partial charge in [0, 0.05) is 17.1 Å². The number of aryl methyl sites for hydroxylation is 1. The number of nitrogens with one attached hydrogen (secondary N) is 1. The fourth-order valence-electron chi connectivity index (χ4n) is 2.32. The topological polar surface area (TPSA) is 50.7 Å². The van der Waals surface area contributed by atoms with Crippen molar-refractivity contribution < 1.29 is 4.39 Å². The van der Waals surface area contributed by atoms with Gasteiger partial charge in [-0.1, -0.05) is 18.2 Å². The quantitative estimate of drug-likeness (QED) is 0.796. The van der Waals surface area contributed by atoms with Crippen molar-refractivity contribution in [3.8, 4) is 0 Å². The highest BCUT2D eigenvalue weighted by Gasteiger charge is 2.13. The van der Waals surface area contributed by atoms with Crippen LogP contribution >= 0.6 is 0 Å². The number of halogens is 1. The molecule has 106 valence electrons. The lowest BCUT2D eigenvalue weighted by Gasteiger charge is -2.17. The molecule has 0 aliphatic rings. The van der Waals surface area contributed by atoms with Gasteiger partial charge < -0.3 is 5.32 Å². The van der Waals surface area contributed by atoms with Crippen LogP contribution in [0.5, 0.6) is 0 Å². The molecule has 2 heterocycles. The summed E-state index contributed by atoms with van der Waals surface area (Å²) in [6.45, 7) is 3.73. The Labute approximate surface area is 122 Å². The van der Waals surface area contributed by atoms with Gasteiger partial charge in [-0.25, -0.2) is 14.4 Å². The molecular formula is C16H15FN4. The van der Waals surface area contributed by atoms with Gasteiger partial charge in [0.05, 0.1) is 17.8 Å². The zero-order valence-electron chi connectivity index (χ0n) is 11.8. The van der Waals surface area contributed by atoms with E-state index in [-0.39, 0.29) is 11.9 Å². The van der Waals surface area contributed by atoms with Crippen LogP contribution in [0.15, 0.2) is 42.7 Å². The fourth-order valence-corrected chi connectivity index (χ4v) is 2.32. The average molecular weight is 282 g/mol. The molecule has 0 saturated carbocycles. The highest BCUT2D eigenvalue weighted by Crippen LogP contribution is 2.25. The van der Waals surface area contributed by atoms with Crippen molar-refractivity contribution in [2.45, 2.75) is 19.9 Å². The third-order valence-corrected chi connectivity index (χ3v) is 3.34. The summed E-state index contributed by atoms with van der Waals surface area (Å²) in [6, 6.07) is 8.39. The molecule has 1 N–H and O–H groups in total. The van der Waals surface area contributed by atoms with E-state index < -0.39 is 0 Å². The number of fused-ring (bicyclic) bond motifs is 1. The maximum atomic E-state index is 13.9. The van der Waals surface area contributed by atoms with Gasteiger partial charge in [0.15, 0.2) is 0 Å². The zero-order chi connectivity index (χ0) is 14.8. The van der Waals surface area contributed by atoms with Gasteiger partial charge in [0.2, 0.25) is 0 Å². The van der Waals surface area contributed by atoms with Gasteiger partial charge in [0.1, 0.15) is 17.5 Å². The summed E-state index contributed by atoms with van der Waals surface area (Å²) in [5.41, 5.74) is 1.38. The normalized spacial score (nSPS) is 12.3. The van der Waals surface area contributed by atoms with E-state index in [2.05, 4.69) is 20.3 Å². The van der Waals surface area contributed by atoms with Crippen molar-refractivity contribution in [3.63, 3.8) is 0 Å². The summed E-state index contributed by atoms with van der Waals surface area (Å²) in [6.07, 6.45) is 3.39. The molecule has 0 radical (unpaired) electrons. The number of aromatic nitrogens is 3. The third kappa shape index (κ3) is 2.67. The van der Waals surface area contributed by atoms with Crippen molar-refractivity contribution >= 4 is 16.7 Å². The standard InChI is InChI=1S/C16H15FN4/c1-10(12-5-3-4-6-14(12)17)19-16-13-7-8-18-9-15(13)20-11(2)21-16/h3-10H,1-2H3,(H,19,20,21)/t10-/m1/s1. The predicted molar refractivity (Wildman–Crippen MR) is 80.5 cm³/mol. The number of hydrogen-bond donors (Lipinski definition) is 1. The summed E-state index contributed by atoms with van der Waals surface area (Å²) in [5, 5.41) is 4.14. The molecule has 4 nitrogen and oxygen atoms in total. The molecule has 1 atom stereocenters. The van der Waals surface area contributed by atoms with Crippen molar-refractivity contribution in [3.05, 3.63) is 59.9 Å². The molecule has 0 aliphatic carbocycles. The van der Waals surface area contributed by atoms with Gasteiger partial charge in [-0.3, -0.25) is 4.98 Å².